The second-order valence-electron chi connectivity index (χ2n) is 9.37. The van der Waals surface area contributed by atoms with Crippen LogP contribution < -0.4 is 5.73 Å². The number of rotatable bonds is 3. The number of fused-ring (bicyclic) bond motifs is 3. The minimum Gasteiger partial charge on any atom is -0.368 e. The number of anilines is 1. The van der Waals surface area contributed by atoms with Gasteiger partial charge >= 0.3 is 0 Å². The number of nitrogen functional groups attached to an aromatic ring is 1. The Morgan fingerprint density at radius 2 is 1.94 bits per heavy atom. The number of aromatic nitrogens is 4. The third kappa shape index (κ3) is 3.54. The average molecular weight is 567 g/mol. The van der Waals surface area contributed by atoms with Gasteiger partial charge in [-0.3, -0.25) is 4.79 Å². The standard InChI is InChI=1S/C22H24F2IN7O/c23-13-8-15-18(16(24)9-13)27-22(26)32-20(15)28-19(29-32)11-2-3-17(25)31(10-11)21(33)12-6-14(7-12)30-4-1-5-30/h8-9,11-12,14,17H,1-7,10H2,(H2,26,27)/t11-,12?,14?,17-/m1/s1. The molecule has 6 rings (SSSR count). The number of carbonyl (C=O) groups is 1. The highest BCUT2D eigenvalue weighted by molar-refractivity contribution is 14.1. The first-order chi connectivity index (χ1) is 15.9. The number of halogens is 3. The molecule has 1 aromatic carbocycles. The van der Waals surface area contributed by atoms with Crippen LogP contribution >= 0.6 is 22.6 Å². The summed E-state index contributed by atoms with van der Waals surface area (Å²) in [6, 6.07) is 2.54. The number of likely N-dealkylation sites (tertiary alicyclic amines) is 2. The van der Waals surface area contributed by atoms with E-state index in [2.05, 4.69) is 42.6 Å². The van der Waals surface area contributed by atoms with Crippen LogP contribution in [0.25, 0.3) is 16.6 Å². The predicted octanol–water partition coefficient (Wildman–Crippen LogP) is 3.09. The fourth-order valence-corrected chi connectivity index (χ4v) is 6.11. The summed E-state index contributed by atoms with van der Waals surface area (Å²) in [5, 5.41) is 4.75. The molecule has 3 aliphatic rings. The summed E-state index contributed by atoms with van der Waals surface area (Å²) in [4.78, 5) is 26.4. The molecule has 2 saturated heterocycles. The van der Waals surface area contributed by atoms with E-state index in [1.165, 1.54) is 17.0 Å². The van der Waals surface area contributed by atoms with Crippen molar-refractivity contribution in [3.63, 3.8) is 0 Å². The summed E-state index contributed by atoms with van der Waals surface area (Å²) < 4.78 is 29.6. The van der Waals surface area contributed by atoms with E-state index in [1.54, 1.807) is 0 Å². The van der Waals surface area contributed by atoms with Gasteiger partial charge in [-0.05, 0) is 51.3 Å². The fourth-order valence-electron chi connectivity index (χ4n) is 5.25. The van der Waals surface area contributed by atoms with Gasteiger partial charge in [0.15, 0.2) is 17.3 Å². The minimum absolute atomic E-state index is 0.0104. The Balaban J connectivity index is 1.26. The van der Waals surface area contributed by atoms with Crippen molar-refractivity contribution in [2.45, 2.75) is 48.1 Å². The van der Waals surface area contributed by atoms with Crippen LogP contribution in [0.2, 0.25) is 0 Å². The number of benzene rings is 1. The zero-order chi connectivity index (χ0) is 22.9. The van der Waals surface area contributed by atoms with Gasteiger partial charge in [-0.15, -0.1) is 5.10 Å². The normalized spacial score (nSPS) is 28.2. The van der Waals surface area contributed by atoms with E-state index in [1.807, 2.05) is 4.90 Å². The van der Waals surface area contributed by atoms with Gasteiger partial charge in [-0.2, -0.15) is 4.52 Å². The summed E-state index contributed by atoms with van der Waals surface area (Å²) >= 11 is 2.35. The van der Waals surface area contributed by atoms with Crippen LogP contribution in [0.15, 0.2) is 12.1 Å². The molecule has 1 aliphatic carbocycles. The van der Waals surface area contributed by atoms with Crippen molar-refractivity contribution in [3.8, 4) is 0 Å². The molecule has 11 heteroatoms. The average Bonchev–Trinajstić information content (AvgIpc) is 3.16. The van der Waals surface area contributed by atoms with E-state index in [4.69, 9.17) is 5.73 Å². The SMILES string of the molecule is Nc1nc2c(F)cc(F)cc2c2nc([C@@H]3CC[C@H](I)N(C(=O)C4CC(N5CCC5)C4)C3)nn12. The Kier molecular flexibility index (Phi) is 5.16. The number of hydrogen-bond acceptors (Lipinski definition) is 6. The van der Waals surface area contributed by atoms with E-state index in [0.717, 1.165) is 44.8 Å². The van der Waals surface area contributed by atoms with Crippen LogP contribution in [0.4, 0.5) is 14.7 Å². The molecule has 2 aromatic heterocycles. The van der Waals surface area contributed by atoms with Crippen LogP contribution in [-0.2, 0) is 4.79 Å². The van der Waals surface area contributed by atoms with Gasteiger partial charge < -0.3 is 15.5 Å². The van der Waals surface area contributed by atoms with Gasteiger partial charge in [0.1, 0.15) is 11.3 Å². The predicted molar refractivity (Wildman–Crippen MR) is 127 cm³/mol. The van der Waals surface area contributed by atoms with Crippen molar-refractivity contribution < 1.29 is 13.6 Å². The molecule has 0 spiro atoms. The molecule has 2 aliphatic heterocycles. The van der Waals surface area contributed by atoms with E-state index >= 15 is 0 Å². The molecule has 2 N–H and O–H groups in total. The number of hydrogen-bond donors (Lipinski definition) is 1. The van der Waals surface area contributed by atoms with Crippen LogP contribution in [0.3, 0.4) is 0 Å². The topological polar surface area (TPSA) is 92.6 Å². The van der Waals surface area contributed by atoms with Crippen molar-refractivity contribution >= 4 is 51.0 Å². The number of piperidine rings is 1. The molecule has 0 unspecified atom stereocenters. The molecular formula is C22H24F2IN7O. The first-order valence-electron chi connectivity index (χ1n) is 11.4. The van der Waals surface area contributed by atoms with Crippen LogP contribution in [-0.4, -0.2) is 65.0 Å². The molecule has 0 radical (unpaired) electrons. The molecular weight excluding hydrogens is 543 g/mol. The lowest BCUT2D eigenvalue weighted by Crippen LogP contribution is -2.56. The first kappa shape index (κ1) is 21.4. The Morgan fingerprint density at radius 1 is 1.15 bits per heavy atom. The molecule has 8 nitrogen and oxygen atoms in total. The van der Waals surface area contributed by atoms with E-state index in [9.17, 15) is 13.6 Å². The van der Waals surface area contributed by atoms with Gasteiger partial charge in [0.2, 0.25) is 11.9 Å². The Hall–Kier alpha value is -2.15. The lowest BCUT2D eigenvalue weighted by molar-refractivity contribution is -0.143. The third-order valence-electron chi connectivity index (χ3n) is 7.36. The molecule has 33 heavy (non-hydrogen) atoms. The van der Waals surface area contributed by atoms with Crippen molar-refractivity contribution in [3.05, 3.63) is 29.6 Å². The third-order valence-corrected chi connectivity index (χ3v) is 8.66. The quantitative estimate of drug-likeness (QED) is 0.297. The Bertz CT molecular complexity index is 1260. The van der Waals surface area contributed by atoms with Gasteiger partial charge in [0.05, 0.1) is 9.43 Å². The lowest BCUT2D eigenvalue weighted by atomic mass is 9.77. The smallest absolute Gasteiger partial charge is 0.226 e. The largest absolute Gasteiger partial charge is 0.368 e. The molecule has 3 fully saturated rings. The number of nitrogens with zero attached hydrogens (tertiary/aromatic N) is 6. The van der Waals surface area contributed by atoms with Crippen molar-refractivity contribution in [2.75, 3.05) is 25.4 Å². The minimum atomic E-state index is -0.789. The first-order valence-corrected chi connectivity index (χ1v) is 12.6. The highest BCUT2D eigenvalue weighted by Gasteiger charge is 2.43. The van der Waals surface area contributed by atoms with Crippen molar-refractivity contribution in [2.24, 2.45) is 5.92 Å². The van der Waals surface area contributed by atoms with E-state index in [0.29, 0.717) is 18.4 Å². The molecule has 2 atom stereocenters. The maximum atomic E-state index is 14.3. The number of carbonyl (C=O) groups excluding carboxylic acids is 1. The Labute approximate surface area is 202 Å². The number of alkyl halides is 1. The van der Waals surface area contributed by atoms with Crippen LogP contribution in [0, 0.1) is 17.6 Å². The van der Waals surface area contributed by atoms with Gasteiger partial charge in [-0.1, -0.05) is 22.6 Å². The van der Waals surface area contributed by atoms with Crippen molar-refractivity contribution in [1.29, 1.82) is 0 Å². The van der Waals surface area contributed by atoms with E-state index in [-0.39, 0.29) is 44.3 Å². The monoisotopic (exact) mass is 567 g/mol. The second-order valence-corrected chi connectivity index (χ2v) is 10.8. The summed E-state index contributed by atoms with van der Waals surface area (Å²) in [7, 11) is 0. The molecule has 0 bridgehead atoms. The molecule has 174 valence electrons. The summed E-state index contributed by atoms with van der Waals surface area (Å²) in [6.45, 7) is 2.85. The zero-order valence-corrected chi connectivity index (χ0v) is 20.1. The fraction of sp³-hybridized carbons (Fsp3) is 0.545. The number of nitrogens with two attached hydrogens (primary N) is 1. The number of amides is 1. The van der Waals surface area contributed by atoms with E-state index < -0.39 is 11.6 Å². The lowest BCUT2D eigenvalue weighted by Gasteiger charge is -2.48. The van der Waals surface area contributed by atoms with Crippen LogP contribution in [0.5, 0.6) is 0 Å². The molecule has 4 heterocycles. The summed E-state index contributed by atoms with van der Waals surface area (Å²) in [5.74, 6) is -0.748. The van der Waals surface area contributed by atoms with Gasteiger partial charge in [0.25, 0.3) is 0 Å². The Morgan fingerprint density at radius 3 is 2.67 bits per heavy atom. The molecule has 1 amide bonds. The zero-order valence-electron chi connectivity index (χ0n) is 17.9. The van der Waals surface area contributed by atoms with Gasteiger partial charge in [-0.25, -0.2) is 18.7 Å². The maximum Gasteiger partial charge on any atom is 0.226 e. The molecule has 3 aromatic rings. The summed E-state index contributed by atoms with van der Waals surface area (Å²) in [5.41, 5.74) is 6.25. The van der Waals surface area contributed by atoms with Gasteiger partial charge in [0, 0.05) is 30.5 Å². The van der Waals surface area contributed by atoms with Crippen molar-refractivity contribution in [1.82, 2.24) is 29.4 Å². The highest BCUT2D eigenvalue weighted by Crippen LogP contribution is 2.39. The van der Waals surface area contributed by atoms with Crippen LogP contribution in [0.1, 0.15) is 43.8 Å². The second kappa shape index (κ2) is 7.97. The maximum absolute atomic E-state index is 14.3. The molecule has 1 saturated carbocycles. The highest BCUT2D eigenvalue weighted by atomic mass is 127. The summed E-state index contributed by atoms with van der Waals surface area (Å²) in [6.07, 6.45) is 4.82.